The maximum Gasteiger partial charge on any atom is 0.263 e. The average Bonchev–Trinajstić information content (AvgIpc) is 2.65. The van der Waals surface area contributed by atoms with Crippen LogP contribution in [0.2, 0.25) is 0 Å². The Hall–Kier alpha value is -3.26. The summed E-state index contributed by atoms with van der Waals surface area (Å²) in [5.41, 5.74) is 2.16. The van der Waals surface area contributed by atoms with Crippen LogP contribution >= 0.6 is 0 Å². The number of carbonyl (C=O) groups excluding carboxylic acids is 1. The predicted molar refractivity (Wildman–Crippen MR) is 106 cm³/mol. The van der Waals surface area contributed by atoms with Crippen molar-refractivity contribution >= 4 is 33.0 Å². The van der Waals surface area contributed by atoms with E-state index in [9.17, 15) is 17.6 Å². The number of hydrogen-bond acceptors (Lipinski definition) is 5. The van der Waals surface area contributed by atoms with E-state index in [-0.39, 0.29) is 22.1 Å². The first-order valence-corrected chi connectivity index (χ1v) is 9.86. The highest BCUT2D eigenvalue weighted by molar-refractivity contribution is 7.92. The van der Waals surface area contributed by atoms with Crippen LogP contribution in [-0.4, -0.2) is 19.2 Å². The second-order valence-electron chi connectivity index (χ2n) is 6.21. The number of ketones is 1. The molecule has 1 heterocycles. The highest BCUT2D eigenvalue weighted by atomic mass is 32.2. The fraction of sp³-hybridized carbons (Fsp3) is 0.100. The van der Waals surface area contributed by atoms with E-state index in [1.807, 2.05) is 0 Å². The first-order chi connectivity index (χ1) is 13.2. The van der Waals surface area contributed by atoms with Crippen LogP contribution in [0.15, 0.2) is 65.7 Å². The van der Waals surface area contributed by atoms with Gasteiger partial charge in [0.05, 0.1) is 16.8 Å². The number of nitrogens with zero attached hydrogens (tertiary/aromatic N) is 1. The summed E-state index contributed by atoms with van der Waals surface area (Å²) < 4.78 is 40.6. The topological polar surface area (TPSA) is 88.2 Å². The van der Waals surface area contributed by atoms with Crippen LogP contribution < -0.4 is 10.0 Å². The molecule has 0 saturated carbocycles. The van der Waals surface area contributed by atoms with Gasteiger partial charge in [0.25, 0.3) is 10.0 Å². The maximum atomic E-state index is 13.4. The van der Waals surface area contributed by atoms with Gasteiger partial charge >= 0.3 is 0 Å². The van der Waals surface area contributed by atoms with Gasteiger partial charge in [-0.25, -0.2) is 17.8 Å². The molecule has 0 aliphatic heterocycles. The molecule has 0 amide bonds. The van der Waals surface area contributed by atoms with E-state index in [0.29, 0.717) is 16.9 Å². The Bertz CT molecular complexity index is 1130. The molecule has 2 aromatic carbocycles. The van der Waals surface area contributed by atoms with E-state index >= 15 is 0 Å². The Morgan fingerprint density at radius 3 is 2.46 bits per heavy atom. The van der Waals surface area contributed by atoms with Crippen molar-refractivity contribution in [3.05, 3.63) is 77.7 Å². The molecule has 28 heavy (non-hydrogen) atoms. The first kappa shape index (κ1) is 19.5. The van der Waals surface area contributed by atoms with E-state index < -0.39 is 15.8 Å². The molecule has 0 aliphatic rings. The molecule has 0 bridgehead atoms. The number of aryl methyl sites for hydroxylation is 1. The van der Waals surface area contributed by atoms with Crippen LogP contribution in [0.4, 0.5) is 21.6 Å². The summed E-state index contributed by atoms with van der Waals surface area (Å²) >= 11 is 0. The van der Waals surface area contributed by atoms with Crippen molar-refractivity contribution in [1.82, 2.24) is 4.98 Å². The summed E-state index contributed by atoms with van der Waals surface area (Å²) in [7, 11) is -3.88. The summed E-state index contributed by atoms with van der Waals surface area (Å²) in [6.45, 7) is 2.98. The summed E-state index contributed by atoms with van der Waals surface area (Å²) in [5, 5.41) is 3.10. The zero-order valence-electron chi connectivity index (χ0n) is 15.2. The van der Waals surface area contributed by atoms with Gasteiger partial charge < -0.3 is 5.32 Å². The number of rotatable bonds is 6. The number of anilines is 3. The number of benzene rings is 2. The predicted octanol–water partition coefficient (Wildman–Crippen LogP) is 4.28. The quantitative estimate of drug-likeness (QED) is 0.604. The minimum absolute atomic E-state index is 0.0393. The zero-order chi connectivity index (χ0) is 20.3. The number of Topliss-reactive ketones (excluding diaryl/α,β-unsaturated/α-hetero) is 1. The Kier molecular flexibility index (Phi) is 5.41. The molecule has 8 heteroatoms. The van der Waals surface area contributed by atoms with E-state index in [0.717, 1.165) is 6.07 Å². The molecule has 2 N–H and O–H groups in total. The third-order valence-electron chi connectivity index (χ3n) is 4.00. The SMILES string of the molecule is CC(=O)c1cccc(Nc2ccc(NS(=O)(=O)c3ccc(F)c(C)c3)nc2)c1. The largest absolute Gasteiger partial charge is 0.354 e. The van der Waals surface area contributed by atoms with Crippen LogP contribution in [-0.2, 0) is 10.0 Å². The van der Waals surface area contributed by atoms with E-state index in [4.69, 9.17) is 0 Å². The van der Waals surface area contributed by atoms with Gasteiger partial charge in [-0.3, -0.25) is 9.52 Å². The summed E-state index contributed by atoms with van der Waals surface area (Å²) in [6, 6.07) is 13.7. The molecule has 3 aromatic rings. The smallest absolute Gasteiger partial charge is 0.263 e. The lowest BCUT2D eigenvalue weighted by atomic mass is 10.1. The van der Waals surface area contributed by atoms with Crippen molar-refractivity contribution in [2.75, 3.05) is 10.0 Å². The Morgan fingerprint density at radius 2 is 1.82 bits per heavy atom. The van der Waals surface area contributed by atoms with Crippen LogP contribution in [0.3, 0.4) is 0 Å². The van der Waals surface area contributed by atoms with Gasteiger partial charge in [-0.15, -0.1) is 0 Å². The lowest BCUT2D eigenvalue weighted by molar-refractivity contribution is 0.101. The molecule has 0 saturated heterocycles. The molecule has 0 aliphatic carbocycles. The minimum Gasteiger partial charge on any atom is -0.354 e. The number of carbonyl (C=O) groups is 1. The van der Waals surface area contributed by atoms with Gasteiger partial charge in [0.2, 0.25) is 0 Å². The zero-order valence-corrected chi connectivity index (χ0v) is 16.0. The van der Waals surface area contributed by atoms with Gasteiger partial charge in [-0.2, -0.15) is 0 Å². The first-order valence-electron chi connectivity index (χ1n) is 8.38. The van der Waals surface area contributed by atoms with Crippen molar-refractivity contribution in [3.8, 4) is 0 Å². The summed E-state index contributed by atoms with van der Waals surface area (Å²) in [4.78, 5) is 15.5. The minimum atomic E-state index is -3.88. The molecule has 6 nitrogen and oxygen atoms in total. The van der Waals surface area contributed by atoms with Gasteiger partial charge in [0, 0.05) is 11.3 Å². The third-order valence-corrected chi connectivity index (χ3v) is 5.35. The van der Waals surface area contributed by atoms with Crippen molar-refractivity contribution in [3.63, 3.8) is 0 Å². The van der Waals surface area contributed by atoms with Crippen LogP contribution in [0, 0.1) is 12.7 Å². The van der Waals surface area contributed by atoms with Gasteiger partial charge in [0.15, 0.2) is 5.78 Å². The number of hydrogen-bond donors (Lipinski definition) is 2. The van der Waals surface area contributed by atoms with E-state index in [1.165, 1.54) is 38.2 Å². The molecule has 3 rings (SSSR count). The number of pyridine rings is 1. The lowest BCUT2D eigenvalue weighted by Crippen LogP contribution is -2.14. The number of sulfonamides is 1. The van der Waals surface area contributed by atoms with Crippen molar-refractivity contribution in [2.45, 2.75) is 18.7 Å². The van der Waals surface area contributed by atoms with Gasteiger partial charge in [-0.05, 0) is 61.9 Å². The van der Waals surface area contributed by atoms with Crippen molar-refractivity contribution in [1.29, 1.82) is 0 Å². The van der Waals surface area contributed by atoms with Gasteiger partial charge in [0.1, 0.15) is 11.6 Å². The molecule has 0 unspecified atom stereocenters. The fourth-order valence-electron chi connectivity index (χ4n) is 2.49. The number of aromatic nitrogens is 1. The fourth-order valence-corrected chi connectivity index (χ4v) is 3.58. The summed E-state index contributed by atoms with van der Waals surface area (Å²) in [6.07, 6.45) is 1.47. The molecular weight excluding hydrogens is 381 g/mol. The molecule has 0 spiro atoms. The summed E-state index contributed by atoms with van der Waals surface area (Å²) in [5.74, 6) is -0.381. The second-order valence-corrected chi connectivity index (χ2v) is 7.89. The number of nitrogens with one attached hydrogen (secondary N) is 2. The van der Waals surface area contributed by atoms with Crippen LogP contribution in [0.5, 0.6) is 0 Å². The standard InChI is InChI=1S/C20H18FN3O3S/c1-13-10-18(7-8-19(13)21)28(26,27)24-20-9-6-17(12-22-20)23-16-5-3-4-15(11-16)14(2)25/h3-12,23H,1-2H3,(H,22,24). The van der Waals surface area contributed by atoms with Crippen molar-refractivity contribution in [2.24, 2.45) is 0 Å². The molecule has 0 radical (unpaired) electrons. The van der Waals surface area contributed by atoms with Gasteiger partial charge in [-0.1, -0.05) is 12.1 Å². The maximum absolute atomic E-state index is 13.4. The number of halogens is 1. The highest BCUT2D eigenvalue weighted by Gasteiger charge is 2.16. The normalized spacial score (nSPS) is 11.1. The molecule has 0 atom stereocenters. The average molecular weight is 399 g/mol. The van der Waals surface area contributed by atoms with Crippen LogP contribution in [0.25, 0.3) is 0 Å². The lowest BCUT2D eigenvalue weighted by Gasteiger charge is -2.10. The van der Waals surface area contributed by atoms with E-state index in [2.05, 4.69) is 15.0 Å². The van der Waals surface area contributed by atoms with E-state index in [1.54, 1.807) is 30.3 Å². The van der Waals surface area contributed by atoms with Crippen LogP contribution in [0.1, 0.15) is 22.8 Å². The Morgan fingerprint density at radius 1 is 1.04 bits per heavy atom. The molecule has 0 fully saturated rings. The second kappa shape index (κ2) is 7.77. The van der Waals surface area contributed by atoms with Crippen molar-refractivity contribution < 1.29 is 17.6 Å². The highest BCUT2D eigenvalue weighted by Crippen LogP contribution is 2.21. The molecular formula is C20H18FN3O3S. The molecule has 144 valence electrons. The third kappa shape index (κ3) is 4.52. The Labute approximate surface area is 162 Å². The monoisotopic (exact) mass is 399 g/mol. The molecule has 1 aromatic heterocycles. The Balaban J connectivity index is 1.74.